The van der Waals surface area contributed by atoms with Crippen molar-refractivity contribution in [3.63, 3.8) is 0 Å². The Morgan fingerprint density at radius 3 is 2.73 bits per heavy atom. The van der Waals surface area contributed by atoms with E-state index in [1.54, 1.807) is 6.08 Å². The van der Waals surface area contributed by atoms with E-state index in [0.717, 1.165) is 25.5 Å². The molecule has 0 aromatic rings. The fraction of sp³-hybridized carbons (Fsp3) is 0.500. The van der Waals surface area contributed by atoms with Crippen LogP contribution in [-0.2, 0) is 14.3 Å². The standard InChI is InChI=1S/C12H16O3/c1-10-9-11(12(14)15-10)7-5-3-2-4-6-8-13/h5,7-10H,2-4,6H2,1H3/b7-5+/t10-/m0/s1. The number of hydrogen-bond acceptors (Lipinski definition) is 3. The van der Waals surface area contributed by atoms with Crippen LogP contribution < -0.4 is 0 Å². The second-order valence-corrected chi connectivity index (χ2v) is 3.59. The molecule has 0 spiro atoms. The number of hydrogen-bond donors (Lipinski definition) is 0. The monoisotopic (exact) mass is 208 g/mol. The summed E-state index contributed by atoms with van der Waals surface area (Å²) in [6.45, 7) is 1.84. The Balaban J connectivity index is 2.23. The number of aldehydes is 1. The number of cyclic esters (lactones) is 1. The average Bonchev–Trinajstić information content (AvgIpc) is 2.51. The number of rotatable bonds is 6. The number of esters is 1. The van der Waals surface area contributed by atoms with Gasteiger partial charge in [0.2, 0.25) is 0 Å². The summed E-state index contributed by atoms with van der Waals surface area (Å²) in [5, 5.41) is 0. The number of carbonyl (C=O) groups is 2. The Labute approximate surface area is 89.8 Å². The molecular weight excluding hydrogens is 192 g/mol. The van der Waals surface area contributed by atoms with E-state index < -0.39 is 0 Å². The summed E-state index contributed by atoms with van der Waals surface area (Å²) < 4.78 is 4.94. The number of carbonyl (C=O) groups excluding carboxylic acids is 2. The van der Waals surface area contributed by atoms with Gasteiger partial charge in [-0.2, -0.15) is 0 Å². The minimum absolute atomic E-state index is 0.104. The topological polar surface area (TPSA) is 43.4 Å². The van der Waals surface area contributed by atoms with Crippen molar-refractivity contribution >= 4 is 12.3 Å². The molecule has 1 aliphatic rings. The third-order valence-electron chi connectivity index (χ3n) is 2.18. The Kier molecular flexibility index (Phi) is 4.81. The number of allylic oxidation sites excluding steroid dienone is 1. The molecule has 0 N–H and O–H groups in total. The molecule has 3 nitrogen and oxygen atoms in total. The molecule has 0 radical (unpaired) electrons. The zero-order chi connectivity index (χ0) is 11.1. The van der Waals surface area contributed by atoms with Gasteiger partial charge in [-0.25, -0.2) is 4.79 Å². The lowest BCUT2D eigenvalue weighted by Gasteiger charge is -1.96. The smallest absolute Gasteiger partial charge is 0.338 e. The summed E-state index contributed by atoms with van der Waals surface area (Å²) in [5.74, 6) is -0.244. The van der Waals surface area contributed by atoms with Crippen molar-refractivity contribution in [1.82, 2.24) is 0 Å². The molecule has 0 fully saturated rings. The summed E-state index contributed by atoms with van der Waals surface area (Å²) in [4.78, 5) is 21.2. The van der Waals surface area contributed by atoms with Crippen molar-refractivity contribution < 1.29 is 14.3 Å². The summed E-state index contributed by atoms with van der Waals surface area (Å²) in [6, 6.07) is 0. The third kappa shape index (κ3) is 4.11. The lowest BCUT2D eigenvalue weighted by Crippen LogP contribution is -2.02. The van der Waals surface area contributed by atoms with Crippen molar-refractivity contribution in [2.75, 3.05) is 0 Å². The van der Waals surface area contributed by atoms with Gasteiger partial charge in [0.05, 0.1) is 5.57 Å². The maximum absolute atomic E-state index is 11.2. The van der Waals surface area contributed by atoms with Gasteiger partial charge < -0.3 is 9.53 Å². The van der Waals surface area contributed by atoms with E-state index in [1.165, 1.54) is 0 Å². The quantitative estimate of drug-likeness (QED) is 0.381. The van der Waals surface area contributed by atoms with Crippen LogP contribution >= 0.6 is 0 Å². The first-order chi connectivity index (χ1) is 7.24. The van der Waals surface area contributed by atoms with Crippen LogP contribution in [-0.4, -0.2) is 18.4 Å². The van der Waals surface area contributed by atoms with Crippen LogP contribution in [0.1, 0.15) is 32.6 Å². The van der Waals surface area contributed by atoms with Gasteiger partial charge in [0.25, 0.3) is 0 Å². The molecule has 1 atom stereocenters. The molecule has 1 rings (SSSR count). The van der Waals surface area contributed by atoms with Crippen molar-refractivity contribution in [2.24, 2.45) is 0 Å². The van der Waals surface area contributed by atoms with Gasteiger partial charge in [0, 0.05) is 6.42 Å². The van der Waals surface area contributed by atoms with Crippen LogP contribution in [0.5, 0.6) is 0 Å². The van der Waals surface area contributed by atoms with Gasteiger partial charge in [-0.3, -0.25) is 0 Å². The zero-order valence-corrected chi connectivity index (χ0v) is 8.94. The molecule has 82 valence electrons. The molecule has 3 heteroatoms. The minimum Gasteiger partial charge on any atom is -0.455 e. The Morgan fingerprint density at radius 1 is 1.40 bits per heavy atom. The molecule has 1 aliphatic heterocycles. The normalized spacial score (nSPS) is 20.5. The Morgan fingerprint density at radius 2 is 2.13 bits per heavy atom. The highest BCUT2D eigenvalue weighted by molar-refractivity contribution is 5.93. The van der Waals surface area contributed by atoms with E-state index in [9.17, 15) is 9.59 Å². The second kappa shape index (κ2) is 6.17. The molecule has 15 heavy (non-hydrogen) atoms. The lowest BCUT2D eigenvalue weighted by atomic mass is 10.1. The largest absolute Gasteiger partial charge is 0.455 e. The minimum atomic E-state index is -0.244. The predicted octanol–water partition coefficient (Wildman–Crippen LogP) is 2.17. The predicted molar refractivity (Wildman–Crippen MR) is 57.3 cm³/mol. The first kappa shape index (κ1) is 11.7. The van der Waals surface area contributed by atoms with Crippen LogP contribution in [0, 0.1) is 0 Å². The van der Waals surface area contributed by atoms with Crippen molar-refractivity contribution in [2.45, 2.75) is 38.7 Å². The lowest BCUT2D eigenvalue weighted by molar-refractivity contribution is -0.138. The molecule has 0 unspecified atom stereocenters. The Hall–Kier alpha value is -1.38. The van der Waals surface area contributed by atoms with E-state index in [1.807, 2.05) is 19.1 Å². The molecule has 0 bridgehead atoms. The summed E-state index contributed by atoms with van der Waals surface area (Å²) >= 11 is 0. The van der Waals surface area contributed by atoms with Gasteiger partial charge in [0.15, 0.2) is 0 Å². The van der Waals surface area contributed by atoms with Crippen LogP contribution in [0.4, 0.5) is 0 Å². The van der Waals surface area contributed by atoms with Gasteiger partial charge in [-0.05, 0) is 32.3 Å². The fourth-order valence-corrected chi connectivity index (χ4v) is 1.42. The highest BCUT2D eigenvalue weighted by Gasteiger charge is 2.19. The molecule has 0 aliphatic carbocycles. The molecule has 1 heterocycles. The van der Waals surface area contributed by atoms with Crippen LogP contribution in [0.2, 0.25) is 0 Å². The van der Waals surface area contributed by atoms with Crippen molar-refractivity contribution in [3.05, 3.63) is 23.8 Å². The first-order valence-electron chi connectivity index (χ1n) is 5.27. The zero-order valence-electron chi connectivity index (χ0n) is 8.94. The van der Waals surface area contributed by atoms with Crippen molar-refractivity contribution in [3.8, 4) is 0 Å². The highest BCUT2D eigenvalue weighted by atomic mass is 16.5. The van der Waals surface area contributed by atoms with E-state index >= 15 is 0 Å². The summed E-state index contributed by atoms with van der Waals surface area (Å²) in [7, 11) is 0. The summed E-state index contributed by atoms with van der Waals surface area (Å²) in [6.07, 6.45) is 9.80. The highest BCUT2D eigenvalue weighted by Crippen LogP contribution is 2.14. The van der Waals surface area contributed by atoms with Gasteiger partial charge in [-0.15, -0.1) is 0 Å². The van der Waals surface area contributed by atoms with Crippen molar-refractivity contribution in [1.29, 1.82) is 0 Å². The first-order valence-corrected chi connectivity index (χ1v) is 5.27. The van der Waals surface area contributed by atoms with Crippen LogP contribution in [0.3, 0.4) is 0 Å². The molecule has 0 amide bonds. The van der Waals surface area contributed by atoms with Crippen LogP contribution in [0.15, 0.2) is 23.8 Å². The second-order valence-electron chi connectivity index (χ2n) is 3.59. The van der Waals surface area contributed by atoms with Gasteiger partial charge in [0.1, 0.15) is 12.4 Å². The average molecular weight is 208 g/mol. The molecular formula is C12H16O3. The molecule has 0 aromatic carbocycles. The Bertz CT molecular complexity index is 289. The van der Waals surface area contributed by atoms with Gasteiger partial charge >= 0.3 is 5.97 Å². The van der Waals surface area contributed by atoms with E-state index in [0.29, 0.717) is 12.0 Å². The third-order valence-corrected chi connectivity index (χ3v) is 2.18. The fourth-order valence-electron chi connectivity index (χ4n) is 1.42. The molecule has 0 saturated heterocycles. The van der Waals surface area contributed by atoms with Gasteiger partial charge in [-0.1, -0.05) is 12.2 Å². The summed E-state index contributed by atoms with van der Waals surface area (Å²) in [5.41, 5.74) is 0.637. The maximum atomic E-state index is 11.2. The molecule has 0 aromatic heterocycles. The number of ether oxygens (including phenoxy) is 1. The van der Waals surface area contributed by atoms with E-state index in [2.05, 4.69) is 0 Å². The number of unbranched alkanes of at least 4 members (excludes halogenated alkanes) is 3. The maximum Gasteiger partial charge on any atom is 0.338 e. The van der Waals surface area contributed by atoms with E-state index in [-0.39, 0.29) is 12.1 Å². The SMILES string of the molecule is C[C@H]1C=C(/C=C/CCCCC=O)C(=O)O1. The molecule has 0 saturated carbocycles. The van der Waals surface area contributed by atoms with Crippen LogP contribution in [0.25, 0.3) is 0 Å². The van der Waals surface area contributed by atoms with E-state index in [4.69, 9.17) is 4.74 Å².